The van der Waals surface area contributed by atoms with Gasteiger partial charge in [0.15, 0.2) is 0 Å². The third kappa shape index (κ3) is 3.96. The van der Waals surface area contributed by atoms with Crippen LogP contribution in [0.5, 0.6) is 5.75 Å². The zero-order chi connectivity index (χ0) is 13.0. The average Bonchev–Trinajstić information content (AvgIpc) is 2.39. The van der Waals surface area contributed by atoms with E-state index in [2.05, 4.69) is 55.4 Å². The molecule has 0 spiro atoms. The van der Waals surface area contributed by atoms with Crippen molar-refractivity contribution >= 4 is 25.9 Å². The lowest BCUT2D eigenvalue weighted by atomic mass is 10.3. The van der Waals surface area contributed by atoms with E-state index in [-0.39, 0.29) is 8.41 Å². The van der Waals surface area contributed by atoms with Crippen LogP contribution in [0.3, 0.4) is 0 Å². The van der Waals surface area contributed by atoms with Crippen molar-refractivity contribution in [2.24, 2.45) is 0 Å². The fraction of sp³-hybridized carbons (Fsp3) is 0.200. The molecular weight excluding hydrogens is 253 g/mol. The molecule has 3 radical (unpaired) electrons. The van der Waals surface area contributed by atoms with Gasteiger partial charge in [-0.3, -0.25) is 0 Å². The van der Waals surface area contributed by atoms with Gasteiger partial charge in [-0.15, -0.1) is 0 Å². The first kappa shape index (κ1) is 15.5. The number of benzene rings is 2. The van der Waals surface area contributed by atoms with Gasteiger partial charge in [0, 0.05) is 32.3 Å². The van der Waals surface area contributed by atoms with Crippen LogP contribution in [0, 0.1) is 0 Å². The number of nitrogens with zero attached hydrogens (tertiary/aromatic N) is 1. The molecular formula is C15H17BNOS. The molecule has 0 aromatic heterocycles. The molecule has 0 bridgehead atoms. The standard InChI is InChI=1S/C15H17NOS.B/c1-16(2)14-9-4-5-10-15(14)18-13-8-6-7-12(11-13)17-3;/h4-11H,1-3H3;. The van der Waals surface area contributed by atoms with Crippen LogP contribution in [0.4, 0.5) is 5.69 Å². The van der Waals surface area contributed by atoms with Crippen LogP contribution in [0.2, 0.25) is 0 Å². The lowest BCUT2D eigenvalue weighted by Crippen LogP contribution is -2.09. The fourth-order valence-electron chi connectivity index (χ4n) is 1.70. The van der Waals surface area contributed by atoms with Gasteiger partial charge in [0.2, 0.25) is 0 Å². The summed E-state index contributed by atoms with van der Waals surface area (Å²) in [6.07, 6.45) is 0. The molecule has 2 aromatic rings. The van der Waals surface area contributed by atoms with Gasteiger partial charge in [-0.1, -0.05) is 30.0 Å². The normalized spacial score (nSPS) is 9.63. The highest BCUT2D eigenvalue weighted by Gasteiger charge is 2.05. The van der Waals surface area contributed by atoms with Crippen molar-refractivity contribution in [1.29, 1.82) is 0 Å². The van der Waals surface area contributed by atoms with Crippen LogP contribution in [0.1, 0.15) is 0 Å². The number of rotatable bonds is 4. The van der Waals surface area contributed by atoms with Crippen LogP contribution in [0.25, 0.3) is 0 Å². The highest BCUT2D eigenvalue weighted by molar-refractivity contribution is 7.99. The van der Waals surface area contributed by atoms with E-state index in [9.17, 15) is 0 Å². The second-order valence-corrected chi connectivity index (χ2v) is 5.26. The Morgan fingerprint density at radius 3 is 2.42 bits per heavy atom. The molecule has 0 N–H and O–H groups in total. The summed E-state index contributed by atoms with van der Waals surface area (Å²) >= 11 is 1.75. The summed E-state index contributed by atoms with van der Waals surface area (Å²) in [6, 6.07) is 16.5. The van der Waals surface area contributed by atoms with Crippen molar-refractivity contribution in [2.75, 3.05) is 26.1 Å². The topological polar surface area (TPSA) is 12.5 Å². The van der Waals surface area contributed by atoms with Crippen LogP contribution < -0.4 is 9.64 Å². The molecule has 0 unspecified atom stereocenters. The molecule has 0 aliphatic heterocycles. The first-order chi connectivity index (χ1) is 8.70. The van der Waals surface area contributed by atoms with Gasteiger partial charge in [0.1, 0.15) is 5.75 Å². The first-order valence-electron chi connectivity index (χ1n) is 5.79. The number of ether oxygens (including phenoxy) is 1. The number of anilines is 1. The van der Waals surface area contributed by atoms with E-state index in [1.807, 2.05) is 12.1 Å². The molecule has 0 saturated carbocycles. The monoisotopic (exact) mass is 270 g/mol. The number of methoxy groups -OCH3 is 1. The molecule has 0 saturated heterocycles. The van der Waals surface area contributed by atoms with Crippen molar-refractivity contribution in [3.63, 3.8) is 0 Å². The van der Waals surface area contributed by atoms with Crippen LogP contribution >= 0.6 is 11.8 Å². The van der Waals surface area contributed by atoms with E-state index in [1.165, 1.54) is 15.5 Å². The molecule has 0 amide bonds. The predicted octanol–water partition coefficient (Wildman–Crippen LogP) is 3.53. The zero-order valence-electron chi connectivity index (χ0n) is 11.5. The Morgan fingerprint density at radius 1 is 1.00 bits per heavy atom. The summed E-state index contributed by atoms with van der Waals surface area (Å²) in [4.78, 5) is 4.56. The van der Waals surface area contributed by atoms with Gasteiger partial charge in [-0.2, -0.15) is 0 Å². The van der Waals surface area contributed by atoms with Crippen molar-refractivity contribution < 1.29 is 4.74 Å². The predicted molar refractivity (Wildman–Crippen MR) is 83.6 cm³/mol. The Kier molecular flexibility index (Phi) is 5.83. The van der Waals surface area contributed by atoms with Crippen LogP contribution in [0.15, 0.2) is 58.3 Å². The Labute approximate surface area is 121 Å². The fourth-order valence-corrected chi connectivity index (χ4v) is 2.78. The Morgan fingerprint density at radius 2 is 1.74 bits per heavy atom. The molecule has 19 heavy (non-hydrogen) atoms. The molecule has 2 nitrogen and oxygen atoms in total. The smallest absolute Gasteiger partial charge is 0.119 e. The average molecular weight is 270 g/mol. The van der Waals surface area contributed by atoms with Gasteiger partial charge in [-0.25, -0.2) is 0 Å². The summed E-state index contributed by atoms with van der Waals surface area (Å²) in [6.45, 7) is 0. The van der Waals surface area contributed by atoms with Gasteiger partial charge in [0.25, 0.3) is 0 Å². The molecule has 4 heteroatoms. The molecule has 97 valence electrons. The van der Waals surface area contributed by atoms with E-state index in [0.29, 0.717) is 0 Å². The lowest BCUT2D eigenvalue weighted by Gasteiger charge is -2.16. The van der Waals surface area contributed by atoms with E-state index < -0.39 is 0 Å². The van der Waals surface area contributed by atoms with E-state index in [1.54, 1.807) is 18.9 Å². The maximum Gasteiger partial charge on any atom is 0.119 e. The van der Waals surface area contributed by atoms with Crippen molar-refractivity contribution in [3.8, 4) is 5.75 Å². The van der Waals surface area contributed by atoms with Crippen molar-refractivity contribution in [2.45, 2.75) is 9.79 Å². The zero-order valence-corrected chi connectivity index (χ0v) is 12.3. The molecule has 0 aliphatic carbocycles. The highest BCUT2D eigenvalue weighted by atomic mass is 32.2. The summed E-state index contributed by atoms with van der Waals surface area (Å²) in [5, 5.41) is 0. The third-order valence-corrected chi connectivity index (χ3v) is 3.67. The van der Waals surface area contributed by atoms with E-state index in [0.717, 1.165) is 5.75 Å². The Balaban J connectivity index is 0.00000180. The maximum absolute atomic E-state index is 5.25. The SMILES string of the molecule is COc1cccc(Sc2ccccc2N(C)C)c1.[B]. The Hall–Kier alpha value is -1.55. The summed E-state index contributed by atoms with van der Waals surface area (Å²) in [5.41, 5.74) is 1.23. The number of hydrogen-bond donors (Lipinski definition) is 0. The number of hydrogen-bond acceptors (Lipinski definition) is 3. The lowest BCUT2D eigenvalue weighted by molar-refractivity contribution is 0.413. The minimum Gasteiger partial charge on any atom is -0.497 e. The molecule has 0 heterocycles. The first-order valence-corrected chi connectivity index (χ1v) is 6.60. The second kappa shape index (κ2) is 7.14. The molecule has 0 atom stereocenters. The molecule has 2 aromatic carbocycles. The number of para-hydroxylation sites is 1. The van der Waals surface area contributed by atoms with E-state index in [4.69, 9.17) is 4.74 Å². The summed E-state index contributed by atoms with van der Waals surface area (Å²) in [7, 11) is 5.81. The second-order valence-electron chi connectivity index (χ2n) is 4.14. The summed E-state index contributed by atoms with van der Waals surface area (Å²) in [5.74, 6) is 0.891. The minimum atomic E-state index is 0. The van der Waals surface area contributed by atoms with Gasteiger partial charge in [-0.05, 0) is 30.3 Å². The summed E-state index contributed by atoms with van der Waals surface area (Å²) < 4.78 is 5.25. The molecule has 0 aliphatic rings. The maximum atomic E-state index is 5.25. The highest BCUT2D eigenvalue weighted by Crippen LogP contribution is 2.35. The van der Waals surface area contributed by atoms with Gasteiger partial charge >= 0.3 is 0 Å². The largest absolute Gasteiger partial charge is 0.497 e. The molecule has 0 fully saturated rings. The quantitative estimate of drug-likeness (QED) is 0.788. The van der Waals surface area contributed by atoms with Gasteiger partial charge < -0.3 is 9.64 Å². The van der Waals surface area contributed by atoms with Crippen molar-refractivity contribution in [3.05, 3.63) is 48.5 Å². The minimum absolute atomic E-state index is 0. The van der Waals surface area contributed by atoms with Crippen molar-refractivity contribution in [1.82, 2.24) is 0 Å². The third-order valence-electron chi connectivity index (χ3n) is 2.62. The molecule has 2 rings (SSSR count). The van der Waals surface area contributed by atoms with Crippen LogP contribution in [-0.4, -0.2) is 29.6 Å². The van der Waals surface area contributed by atoms with Crippen LogP contribution in [-0.2, 0) is 0 Å². The Bertz CT molecular complexity index is 531. The van der Waals surface area contributed by atoms with E-state index >= 15 is 0 Å². The van der Waals surface area contributed by atoms with Gasteiger partial charge in [0.05, 0.1) is 12.8 Å².